The summed E-state index contributed by atoms with van der Waals surface area (Å²) in [5.74, 6) is -0.102. The number of hydrogen-bond donors (Lipinski definition) is 1. The van der Waals surface area contributed by atoms with Crippen molar-refractivity contribution in [1.29, 1.82) is 0 Å². The van der Waals surface area contributed by atoms with Gasteiger partial charge in [0.15, 0.2) is 5.65 Å². The maximum atomic E-state index is 12.8. The summed E-state index contributed by atoms with van der Waals surface area (Å²) >= 11 is 1.50. The van der Waals surface area contributed by atoms with Crippen LogP contribution < -0.4 is 10.2 Å². The van der Waals surface area contributed by atoms with Crippen molar-refractivity contribution >= 4 is 28.6 Å². The largest absolute Gasteiger partial charge is 0.366 e. The van der Waals surface area contributed by atoms with E-state index in [0.717, 1.165) is 42.1 Å². The molecule has 1 saturated heterocycles. The number of rotatable bonds is 5. The van der Waals surface area contributed by atoms with Crippen LogP contribution in [-0.4, -0.2) is 39.4 Å². The molecule has 6 nitrogen and oxygen atoms in total. The molecule has 1 aliphatic heterocycles. The Morgan fingerprint density at radius 2 is 2.10 bits per heavy atom. The average Bonchev–Trinajstić information content (AvgIpc) is 3.53. The first kappa shape index (κ1) is 18.8. The van der Waals surface area contributed by atoms with Gasteiger partial charge in [0.05, 0.1) is 5.69 Å². The number of nitrogens with zero attached hydrogens (tertiary/aromatic N) is 4. The highest BCUT2D eigenvalue weighted by atomic mass is 32.1. The molecule has 3 aromatic heterocycles. The Bertz CT molecular complexity index is 1180. The lowest BCUT2D eigenvalue weighted by Gasteiger charge is -2.22. The molecule has 30 heavy (non-hydrogen) atoms. The van der Waals surface area contributed by atoms with Crippen molar-refractivity contribution in [3.8, 4) is 10.6 Å². The van der Waals surface area contributed by atoms with E-state index in [2.05, 4.69) is 43.8 Å². The maximum absolute atomic E-state index is 12.8. The number of imidazole rings is 1. The number of thiazole rings is 1. The quantitative estimate of drug-likeness (QED) is 0.533. The van der Waals surface area contributed by atoms with Crippen LogP contribution in [0.25, 0.3) is 16.2 Å². The molecular formula is C23H23N5OS. The summed E-state index contributed by atoms with van der Waals surface area (Å²) in [5.41, 5.74) is 4.97. The minimum absolute atomic E-state index is 0.0966. The third-order valence-electron chi connectivity index (χ3n) is 5.60. The number of pyridine rings is 1. The van der Waals surface area contributed by atoms with Gasteiger partial charge in [-0.3, -0.25) is 4.79 Å². The number of hydrogen-bond acceptors (Lipinski definition) is 5. The number of aromatic nitrogens is 3. The molecule has 152 valence electrons. The maximum Gasteiger partial charge on any atom is 0.271 e. The van der Waals surface area contributed by atoms with Gasteiger partial charge < -0.3 is 14.6 Å². The van der Waals surface area contributed by atoms with Gasteiger partial charge in [-0.1, -0.05) is 37.3 Å². The Labute approximate surface area is 179 Å². The van der Waals surface area contributed by atoms with E-state index in [4.69, 9.17) is 0 Å². The van der Waals surface area contributed by atoms with Gasteiger partial charge in [-0.2, -0.15) is 0 Å². The van der Waals surface area contributed by atoms with Crippen molar-refractivity contribution in [3.05, 3.63) is 71.6 Å². The second-order valence-electron chi connectivity index (χ2n) is 7.51. The third-order valence-corrected chi connectivity index (χ3v) is 6.49. The number of nitrogens with one attached hydrogen (secondary N) is 1. The number of benzene rings is 1. The number of carbonyl (C=O) groups is 1. The van der Waals surface area contributed by atoms with Crippen molar-refractivity contribution in [3.63, 3.8) is 0 Å². The summed E-state index contributed by atoms with van der Waals surface area (Å²) < 4.78 is 2.06. The van der Waals surface area contributed by atoms with E-state index >= 15 is 0 Å². The van der Waals surface area contributed by atoms with Crippen LogP contribution in [-0.2, 0) is 6.42 Å². The SMILES string of the molecule is CCc1ccn2ccnc2c1N1CC[C@H](NC(=O)c2csc(-c3ccccc3)n2)C1. The van der Waals surface area contributed by atoms with E-state index < -0.39 is 0 Å². The van der Waals surface area contributed by atoms with Gasteiger partial charge in [-0.15, -0.1) is 11.3 Å². The number of amides is 1. The van der Waals surface area contributed by atoms with E-state index in [-0.39, 0.29) is 11.9 Å². The summed E-state index contributed by atoms with van der Waals surface area (Å²) in [7, 11) is 0. The zero-order valence-electron chi connectivity index (χ0n) is 16.8. The van der Waals surface area contributed by atoms with Crippen molar-refractivity contribution in [2.75, 3.05) is 18.0 Å². The molecule has 1 aromatic carbocycles. The van der Waals surface area contributed by atoms with E-state index in [1.807, 2.05) is 48.1 Å². The molecule has 0 spiro atoms. The van der Waals surface area contributed by atoms with Crippen molar-refractivity contribution in [2.45, 2.75) is 25.8 Å². The predicted octanol–water partition coefficient (Wildman–Crippen LogP) is 4.03. The van der Waals surface area contributed by atoms with Crippen LogP contribution in [0.1, 0.15) is 29.4 Å². The summed E-state index contributed by atoms with van der Waals surface area (Å²) in [6.07, 6.45) is 7.73. The molecule has 1 N–H and O–H groups in total. The highest BCUT2D eigenvalue weighted by molar-refractivity contribution is 7.13. The highest BCUT2D eigenvalue weighted by Gasteiger charge is 2.28. The monoisotopic (exact) mass is 417 g/mol. The van der Waals surface area contributed by atoms with E-state index in [1.165, 1.54) is 22.6 Å². The zero-order chi connectivity index (χ0) is 20.5. The van der Waals surface area contributed by atoms with Crippen LogP contribution in [0.15, 0.2) is 60.4 Å². The van der Waals surface area contributed by atoms with Crippen molar-refractivity contribution in [1.82, 2.24) is 19.7 Å². The van der Waals surface area contributed by atoms with Crippen LogP contribution in [0, 0.1) is 0 Å². The highest BCUT2D eigenvalue weighted by Crippen LogP contribution is 2.29. The van der Waals surface area contributed by atoms with Gasteiger partial charge in [0.25, 0.3) is 5.91 Å². The number of carbonyl (C=O) groups excluding carboxylic acids is 1. The first-order valence-corrected chi connectivity index (χ1v) is 11.1. The summed E-state index contributed by atoms with van der Waals surface area (Å²) in [5, 5.41) is 5.88. The molecule has 4 heterocycles. The van der Waals surface area contributed by atoms with Crippen LogP contribution in [0.5, 0.6) is 0 Å². The van der Waals surface area contributed by atoms with Gasteiger partial charge in [-0.25, -0.2) is 9.97 Å². The lowest BCUT2D eigenvalue weighted by atomic mass is 10.1. The predicted molar refractivity (Wildman–Crippen MR) is 120 cm³/mol. The smallest absolute Gasteiger partial charge is 0.271 e. The van der Waals surface area contributed by atoms with E-state index in [1.54, 1.807) is 0 Å². The second kappa shape index (κ2) is 7.91. The zero-order valence-corrected chi connectivity index (χ0v) is 17.6. The molecule has 1 atom stereocenters. The van der Waals surface area contributed by atoms with Crippen molar-refractivity contribution < 1.29 is 4.79 Å². The Morgan fingerprint density at radius 3 is 2.93 bits per heavy atom. The Morgan fingerprint density at radius 1 is 1.23 bits per heavy atom. The summed E-state index contributed by atoms with van der Waals surface area (Å²) in [6, 6.07) is 12.2. The standard InChI is InChI=1S/C23H23N5OS/c1-2-16-8-11-27-13-10-24-21(27)20(16)28-12-9-18(14-28)25-22(29)19-15-30-23(26-19)17-6-4-3-5-7-17/h3-8,10-11,13,15,18H,2,9,12,14H2,1H3,(H,25,29)/t18-/m0/s1. The van der Waals surface area contributed by atoms with Crippen molar-refractivity contribution in [2.24, 2.45) is 0 Å². The lowest BCUT2D eigenvalue weighted by molar-refractivity contribution is 0.0936. The molecule has 7 heteroatoms. The van der Waals surface area contributed by atoms with Crippen LogP contribution >= 0.6 is 11.3 Å². The summed E-state index contributed by atoms with van der Waals surface area (Å²) in [6.45, 7) is 3.85. The minimum Gasteiger partial charge on any atom is -0.366 e. The molecule has 0 aliphatic carbocycles. The molecule has 0 bridgehead atoms. The second-order valence-corrected chi connectivity index (χ2v) is 8.37. The molecule has 4 aromatic rings. The fourth-order valence-electron chi connectivity index (χ4n) is 4.07. The van der Waals surface area contributed by atoms with Gasteiger partial charge in [-0.05, 0) is 24.5 Å². The van der Waals surface area contributed by atoms with Crippen LogP contribution in [0.2, 0.25) is 0 Å². The molecule has 0 saturated carbocycles. The van der Waals surface area contributed by atoms with Crippen LogP contribution in [0.3, 0.4) is 0 Å². The molecular weight excluding hydrogens is 394 g/mol. The average molecular weight is 418 g/mol. The third kappa shape index (κ3) is 3.45. The van der Waals surface area contributed by atoms with Gasteiger partial charge in [0.1, 0.15) is 10.7 Å². The molecule has 1 aliphatic rings. The molecule has 5 rings (SSSR count). The normalized spacial score (nSPS) is 16.3. The first-order chi connectivity index (χ1) is 14.7. The van der Waals surface area contributed by atoms with E-state index in [9.17, 15) is 4.79 Å². The van der Waals surface area contributed by atoms with E-state index in [0.29, 0.717) is 5.69 Å². The number of anilines is 1. The Kier molecular flexibility index (Phi) is 4.96. The first-order valence-electron chi connectivity index (χ1n) is 10.2. The van der Waals surface area contributed by atoms with Gasteiger partial charge in [0.2, 0.25) is 0 Å². The van der Waals surface area contributed by atoms with Gasteiger partial charge >= 0.3 is 0 Å². The number of fused-ring (bicyclic) bond motifs is 1. The number of aryl methyl sites for hydroxylation is 1. The minimum atomic E-state index is -0.102. The lowest BCUT2D eigenvalue weighted by Crippen LogP contribution is -2.37. The molecule has 0 unspecified atom stereocenters. The topological polar surface area (TPSA) is 62.5 Å². The molecule has 1 amide bonds. The fourth-order valence-corrected chi connectivity index (χ4v) is 4.88. The Hall–Kier alpha value is -3.19. The Balaban J connectivity index is 1.30. The summed E-state index contributed by atoms with van der Waals surface area (Å²) in [4.78, 5) is 24.2. The van der Waals surface area contributed by atoms with Crippen LogP contribution in [0.4, 0.5) is 5.69 Å². The molecule has 1 fully saturated rings. The van der Waals surface area contributed by atoms with Gasteiger partial charge in [0, 0.05) is 48.7 Å². The fraction of sp³-hybridized carbons (Fsp3) is 0.261. The molecule has 0 radical (unpaired) electrons.